The summed E-state index contributed by atoms with van der Waals surface area (Å²) >= 11 is 7.18. The van der Waals surface area contributed by atoms with Gasteiger partial charge in [0.05, 0.1) is 33.8 Å². The van der Waals surface area contributed by atoms with E-state index in [4.69, 9.17) is 11.6 Å². The minimum absolute atomic E-state index is 0.119. The summed E-state index contributed by atoms with van der Waals surface area (Å²) in [5.41, 5.74) is 0.298. The second kappa shape index (κ2) is 7.50. The van der Waals surface area contributed by atoms with E-state index in [0.717, 1.165) is 18.2 Å². The van der Waals surface area contributed by atoms with Crippen LogP contribution in [0.15, 0.2) is 28.2 Å². The molecule has 0 aliphatic carbocycles. The van der Waals surface area contributed by atoms with Crippen molar-refractivity contribution in [3.8, 4) is 0 Å². The van der Waals surface area contributed by atoms with Crippen molar-refractivity contribution >= 4 is 44.1 Å². The van der Waals surface area contributed by atoms with Gasteiger partial charge in [-0.15, -0.1) is 0 Å². The molecule has 0 unspecified atom stereocenters. The smallest absolute Gasteiger partial charge is 0.262 e. The number of nitrogens with zero attached hydrogens (tertiary/aromatic N) is 2. The number of halogens is 1. The summed E-state index contributed by atoms with van der Waals surface area (Å²) in [5.74, 6) is 0.0327. The van der Waals surface area contributed by atoms with Crippen LogP contribution >= 0.6 is 23.4 Å². The summed E-state index contributed by atoms with van der Waals surface area (Å²) in [5, 5.41) is 10.9. The maximum absolute atomic E-state index is 12.9. The van der Waals surface area contributed by atoms with Crippen LogP contribution in [0.25, 0.3) is 10.9 Å². The molecule has 1 fully saturated rings. The van der Waals surface area contributed by atoms with E-state index in [2.05, 4.69) is 18.8 Å². The summed E-state index contributed by atoms with van der Waals surface area (Å²) < 4.78 is 25.2. The topological polar surface area (TPSA) is 89.3 Å². The molecule has 2 atom stereocenters. The maximum Gasteiger partial charge on any atom is 0.262 e. The molecule has 142 valence electrons. The molecule has 0 amide bonds. The third-order valence-corrected chi connectivity index (χ3v) is 7.81. The quantitative estimate of drug-likeness (QED) is 0.752. The van der Waals surface area contributed by atoms with Crippen LogP contribution in [-0.4, -0.2) is 45.9 Å². The van der Waals surface area contributed by atoms with Crippen molar-refractivity contribution in [2.75, 3.05) is 11.5 Å². The Morgan fingerprint density at radius 2 is 2.12 bits per heavy atom. The van der Waals surface area contributed by atoms with Gasteiger partial charge in [0, 0.05) is 11.6 Å². The molecule has 1 N–H and O–H groups in total. The van der Waals surface area contributed by atoms with Crippen LogP contribution in [0.1, 0.15) is 20.3 Å². The van der Waals surface area contributed by atoms with E-state index in [0.29, 0.717) is 33.5 Å². The number of sulfone groups is 1. The molecular weight excluding hydrogens is 396 g/mol. The fourth-order valence-electron chi connectivity index (χ4n) is 2.89. The van der Waals surface area contributed by atoms with Gasteiger partial charge in [0.15, 0.2) is 15.0 Å². The van der Waals surface area contributed by atoms with Crippen LogP contribution in [0.2, 0.25) is 5.02 Å². The monoisotopic (exact) mass is 416 g/mol. The lowest BCUT2D eigenvalue weighted by molar-refractivity contribution is 0.207. The molecule has 2 heterocycles. The highest BCUT2D eigenvalue weighted by molar-refractivity contribution is 8.01. The van der Waals surface area contributed by atoms with E-state index in [-0.39, 0.29) is 17.1 Å². The molecule has 6 nitrogen and oxygen atoms in total. The van der Waals surface area contributed by atoms with Crippen molar-refractivity contribution in [2.45, 2.75) is 43.3 Å². The van der Waals surface area contributed by atoms with Gasteiger partial charge in [0.1, 0.15) is 0 Å². The second-order valence-electron chi connectivity index (χ2n) is 7.00. The van der Waals surface area contributed by atoms with Gasteiger partial charge in [-0.25, -0.2) is 13.4 Å². The Bertz CT molecular complexity index is 988. The molecule has 9 heteroatoms. The molecule has 0 spiro atoms. The van der Waals surface area contributed by atoms with Gasteiger partial charge in [-0.3, -0.25) is 9.36 Å². The van der Waals surface area contributed by atoms with Crippen molar-refractivity contribution in [3.63, 3.8) is 0 Å². The SMILES string of the molecule is CC(C)CCn1c(S[C@@H]2CS(=O)(=O)C[C@@H]2O)nc2cc(Cl)ccc2c1=O. The first-order chi connectivity index (χ1) is 12.2. The largest absolute Gasteiger partial charge is 0.391 e. The van der Waals surface area contributed by atoms with E-state index in [1.165, 1.54) is 0 Å². The molecular formula is C17H21ClN2O4S2. The van der Waals surface area contributed by atoms with Crippen molar-refractivity contribution in [1.82, 2.24) is 9.55 Å². The lowest BCUT2D eigenvalue weighted by Crippen LogP contribution is -2.27. The summed E-state index contributed by atoms with van der Waals surface area (Å²) in [6, 6.07) is 4.93. The highest BCUT2D eigenvalue weighted by atomic mass is 35.5. The van der Waals surface area contributed by atoms with Crippen LogP contribution in [0.4, 0.5) is 0 Å². The lowest BCUT2D eigenvalue weighted by atomic mass is 10.1. The van der Waals surface area contributed by atoms with E-state index in [9.17, 15) is 18.3 Å². The number of aromatic nitrogens is 2. The first-order valence-corrected chi connectivity index (χ1v) is 11.5. The summed E-state index contributed by atoms with van der Waals surface area (Å²) in [6.07, 6.45) is -0.171. The van der Waals surface area contributed by atoms with Crippen LogP contribution in [0.5, 0.6) is 0 Å². The lowest BCUT2D eigenvalue weighted by Gasteiger charge is -2.17. The highest BCUT2D eigenvalue weighted by Gasteiger charge is 2.38. The molecule has 1 saturated heterocycles. The van der Waals surface area contributed by atoms with E-state index >= 15 is 0 Å². The van der Waals surface area contributed by atoms with Crippen molar-refractivity contribution in [1.29, 1.82) is 0 Å². The van der Waals surface area contributed by atoms with E-state index in [1.807, 2.05) is 0 Å². The van der Waals surface area contributed by atoms with Crippen LogP contribution in [0, 0.1) is 5.92 Å². The van der Waals surface area contributed by atoms with Gasteiger partial charge in [-0.1, -0.05) is 37.2 Å². The molecule has 1 aromatic heterocycles. The zero-order valence-corrected chi connectivity index (χ0v) is 16.9. The number of aliphatic hydroxyl groups is 1. The molecule has 0 radical (unpaired) electrons. The predicted octanol–water partition coefficient (Wildman–Crippen LogP) is 2.35. The molecule has 1 aromatic carbocycles. The first-order valence-electron chi connectivity index (χ1n) is 8.41. The molecule has 26 heavy (non-hydrogen) atoms. The van der Waals surface area contributed by atoms with Gasteiger partial charge in [-0.2, -0.15) is 0 Å². The average Bonchev–Trinajstić information content (AvgIpc) is 2.78. The zero-order valence-electron chi connectivity index (χ0n) is 14.6. The van der Waals surface area contributed by atoms with Gasteiger partial charge in [-0.05, 0) is 30.5 Å². The highest BCUT2D eigenvalue weighted by Crippen LogP contribution is 2.31. The normalized spacial score (nSPS) is 22.3. The summed E-state index contributed by atoms with van der Waals surface area (Å²) in [4.78, 5) is 17.5. The maximum atomic E-state index is 12.9. The van der Waals surface area contributed by atoms with Crippen LogP contribution in [0.3, 0.4) is 0 Å². The molecule has 0 saturated carbocycles. The minimum atomic E-state index is -3.27. The Morgan fingerprint density at radius 3 is 2.73 bits per heavy atom. The fourth-order valence-corrected chi connectivity index (χ4v) is 6.66. The first kappa shape index (κ1) is 19.7. The molecule has 2 aromatic rings. The van der Waals surface area contributed by atoms with E-state index in [1.54, 1.807) is 22.8 Å². The van der Waals surface area contributed by atoms with Gasteiger partial charge in [0.2, 0.25) is 0 Å². The Balaban J connectivity index is 2.06. The Labute approximate surface area is 161 Å². The molecule has 3 rings (SSSR count). The Kier molecular flexibility index (Phi) is 5.67. The van der Waals surface area contributed by atoms with Crippen LogP contribution < -0.4 is 5.56 Å². The number of rotatable bonds is 5. The number of hydrogen-bond donors (Lipinski definition) is 1. The van der Waals surface area contributed by atoms with Gasteiger partial charge < -0.3 is 5.11 Å². The molecule has 1 aliphatic rings. The Morgan fingerprint density at radius 1 is 1.38 bits per heavy atom. The molecule has 1 aliphatic heterocycles. The molecule has 0 bridgehead atoms. The van der Waals surface area contributed by atoms with Crippen molar-refractivity contribution in [2.24, 2.45) is 5.92 Å². The third kappa shape index (κ3) is 4.24. The van der Waals surface area contributed by atoms with Crippen molar-refractivity contribution in [3.05, 3.63) is 33.6 Å². The number of fused-ring (bicyclic) bond motifs is 1. The fraction of sp³-hybridized carbons (Fsp3) is 0.529. The standard InChI is InChI=1S/C17H21ClN2O4S2/c1-10(2)5-6-20-16(22)12-4-3-11(18)7-13(12)19-17(20)25-15-9-26(23,24)8-14(15)21/h3-4,7,10,14-15,21H,5-6,8-9H2,1-2H3/t14-,15+/m0/s1. The average molecular weight is 417 g/mol. The minimum Gasteiger partial charge on any atom is -0.391 e. The summed E-state index contributed by atoms with van der Waals surface area (Å²) in [6.45, 7) is 4.62. The number of thioether (sulfide) groups is 1. The predicted molar refractivity (Wildman–Crippen MR) is 105 cm³/mol. The zero-order chi connectivity index (χ0) is 19.1. The van der Waals surface area contributed by atoms with Gasteiger partial charge in [0.25, 0.3) is 5.56 Å². The second-order valence-corrected chi connectivity index (χ2v) is 10.8. The third-order valence-electron chi connectivity index (χ3n) is 4.34. The number of aliphatic hydroxyl groups excluding tert-OH is 1. The van der Waals surface area contributed by atoms with Crippen LogP contribution in [-0.2, 0) is 16.4 Å². The van der Waals surface area contributed by atoms with E-state index < -0.39 is 21.2 Å². The Hall–Kier alpha value is -1.09. The van der Waals surface area contributed by atoms with Gasteiger partial charge >= 0.3 is 0 Å². The number of hydrogen-bond acceptors (Lipinski definition) is 6. The number of benzene rings is 1. The van der Waals surface area contributed by atoms with Crippen molar-refractivity contribution < 1.29 is 13.5 Å². The summed E-state index contributed by atoms with van der Waals surface area (Å²) in [7, 11) is -3.27.